The van der Waals surface area contributed by atoms with Gasteiger partial charge in [-0.3, -0.25) is 4.79 Å². The zero-order valence-corrected chi connectivity index (χ0v) is 12.4. The molecule has 0 N–H and O–H groups in total. The minimum atomic E-state index is -0.00119. The lowest BCUT2D eigenvalue weighted by atomic mass is 9.94. The summed E-state index contributed by atoms with van der Waals surface area (Å²) < 4.78 is 5.13. The quantitative estimate of drug-likeness (QED) is 0.683. The van der Waals surface area contributed by atoms with Crippen molar-refractivity contribution in [2.45, 2.75) is 47.0 Å². The second-order valence-electron chi connectivity index (χ2n) is 6.09. The van der Waals surface area contributed by atoms with Crippen LogP contribution in [0.4, 0.5) is 0 Å². The molecule has 1 saturated heterocycles. The Bertz CT molecular complexity index is 253. The molecule has 0 spiro atoms. The number of rotatable bonds is 6. The fourth-order valence-electron chi connectivity index (χ4n) is 2.99. The highest BCUT2D eigenvalue weighted by atomic mass is 16.5. The number of esters is 1. The molecule has 1 aliphatic rings. The SMILES string of the molecule is CCOC(=O)C1CCCN(CC(C)CC(C)C)C1. The molecule has 0 radical (unpaired) electrons. The van der Waals surface area contributed by atoms with Gasteiger partial charge in [-0.2, -0.15) is 0 Å². The molecule has 0 saturated carbocycles. The van der Waals surface area contributed by atoms with E-state index in [1.54, 1.807) is 0 Å². The molecular formula is C15H29NO2. The van der Waals surface area contributed by atoms with Crippen LogP contribution in [0.1, 0.15) is 47.0 Å². The van der Waals surface area contributed by atoms with Gasteiger partial charge in [0.2, 0.25) is 0 Å². The van der Waals surface area contributed by atoms with Crippen LogP contribution in [-0.2, 0) is 9.53 Å². The zero-order chi connectivity index (χ0) is 13.5. The normalized spacial score (nSPS) is 23.1. The largest absolute Gasteiger partial charge is 0.466 e. The molecule has 2 atom stereocenters. The summed E-state index contributed by atoms with van der Waals surface area (Å²) in [5.74, 6) is 1.57. The summed E-state index contributed by atoms with van der Waals surface area (Å²) in [5, 5.41) is 0. The highest BCUT2D eigenvalue weighted by molar-refractivity contribution is 5.72. The first-order valence-electron chi connectivity index (χ1n) is 7.41. The van der Waals surface area contributed by atoms with Crippen molar-refractivity contribution in [1.29, 1.82) is 0 Å². The van der Waals surface area contributed by atoms with Crippen LogP contribution < -0.4 is 0 Å². The Balaban J connectivity index is 2.36. The summed E-state index contributed by atoms with van der Waals surface area (Å²) in [6.07, 6.45) is 3.38. The van der Waals surface area contributed by atoms with Gasteiger partial charge >= 0.3 is 5.97 Å². The smallest absolute Gasteiger partial charge is 0.310 e. The van der Waals surface area contributed by atoms with Crippen LogP contribution in [0, 0.1) is 17.8 Å². The summed E-state index contributed by atoms with van der Waals surface area (Å²) in [4.78, 5) is 14.2. The minimum Gasteiger partial charge on any atom is -0.466 e. The Hall–Kier alpha value is -0.570. The molecular weight excluding hydrogens is 226 g/mol. The fourth-order valence-corrected chi connectivity index (χ4v) is 2.99. The van der Waals surface area contributed by atoms with Crippen LogP contribution in [0.15, 0.2) is 0 Å². The average molecular weight is 255 g/mol. The third-order valence-corrected chi connectivity index (χ3v) is 3.57. The fraction of sp³-hybridized carbons (Fsp3) is 0.933. The van der Waals surface area contributed by atoms with E-state index in [2.05, 4.69) is 25.7 Å². The molecule has 1 heterocycles. The van der Waals surface area contributed by atoms with Crippen LogP contribution in [-0.4, -0.2) is 37.1 Å². The molecule has 3 nitrogen and oxygen atoms in total. The van der Waals surface area contributed by atoms with Gasteiger partial charge in [-0.15, -0.1) is 0 Å². The van der Waals surface area contributed by atoms with Crippen LogP contribution in [0.2, 0.25) is 0 Å². The molecule has 106 valence electrons. The molecule has 0 bridgehead atoms. The van der Waals surface area contributed by atoms with E-state index in [4.69, 9.17) is 4.74 Å². The Morgan fingerprint density at radius 1 is 1.39 bits per heavy atom. The molecule has 0 aliphatic carbocycles. The monoisotopic (exact) mass is 255 g/mol. The lowest BCUT2D eigenvalue weighted by molar-refractivity contribution is -0.150. The molecule has 1 aliphatic heterocycles. The van der Waals surface area contributed by atoms with E-state index >= 15 is 0 Å². The zero-order valence-electron chi connectivity index (χ0n) is 12.4. The Morgan fingerprint density at radius 2 is 2.11 bits per heavy atom. The van der Waals surface area contributed by atoms with Gasteiger partial charge in [-0.25, -0.2) is 0 Å². The van der Waals surface area contributed by atoms with Gasteiger partial charge in [-0.05, 0) is 44.6 Å². The van der Waals surface area contributed by atoms with E-state index in [1.807, 2.05) is 6.92 Å². The third kappa shape index (κ3) is 5.38. The van der Waals surface area contributed by atoms with Crippen LogP contribution in [0.25, 0.3) is 0 Å². The number of nitrogens with zero attached hydrogens (tertiary/aromatic N) is 1. The molecule has 18 heavy (non-hydrogen) atoms. The predicted molar refractivity (Wildman–Crippen MR) is 74.4 cm³/mol. The lowest BCUT2D eigenvalue weighted by Gasteiger charge is -2.33. The highest BCUT2D eigenvalue weighted by Gasteiger charge is 2.27. The van der Waals surface area contributed by atoms with Gasteiger partial charge in [0.1, 0.15) is 0 Å². The molecule has 1 rings (SSSR count). The van der Waals surface area contributed by atoms with Gasteiger partial charge in [0, 0.05) is 13.1 Å². The van der Waals surface area contributed by atoms with E-state index in [1.165, 1.54) is 6.42 Å². The number of carbonyl (C=O) groups is 1. The van der Waals surface area contributed by atoms with Crippen molar-refractivity contribution in [1.82, 2.24) is 4.90 Å². The van der Waals surface area contributed by atoms with Crippen molar-refractivity contribution in [2.75, 3.05) is 26.2 Å². The number of hydrogen-bond acceptors (Lipinski definition) is 3. The van der Waals surface area contributed by atoms with Crippen molar-refractivity contribution < 1.29 is 9.53 Å². The first-order chi connectivity index (χ1) is 8.52. The predicted octanol–water partition coefficient (Wildman–Crippen LogP) is 2.94. The van der Waals surface area contributed by atoms with E-state index in [0.29, 0.717) is 12.5 Å². The van der Waals surface area contributed by atoms with Crippen LogP contribution >= 0.6 is 0 Å². The number of piperidine rings is 1. The van der Waals surface area contributed by atoms with E-state index in [0.717, 1.165) is 38.4 Å². The van der Waals surface area contributed by atoms with E-state index in [9.17, 15) is 4.79 Å². The molecule has 0 aromatic heterocycles. The first kappa shape index (κ1) is 15.5. The van der Waals surface area contributed by atoms with Crippen molar-refractivity contribution >= 4 is 5.97 Å². The molecule has 0 amide bonds. The Kier molecular flexibility index (Phi) is 6.69. The molecule has 3 heteroatoms. The summed E-state index contributed by atoms with van der Waals surface area (Å²) in [5.41, 5.74) is 0. The Morgan fingerprint density at radius 3 is 2.72 bits per heavy atom. The lowest BCUT2D eigenvalue weighted by Crippen LogP contribution is -2.41. The topological polar surface area (TPSA) is 29.5 Å². The average Bonchev–Trinajstić information content (AvgIpc) is 2.28. The van der Waals surface area contributed by atoms with Gasteiger partial charge < -0.3 is 9.64 Å². The van der Waals surface area contributed by atoms with Crippen molar-refractivity contribution in [3.8, 4) is 0 Å². The van der Waals surface area contributed by atoms with Crippen LogP contribution in [0.5, 0.6) is 0 Å². The first-order valence-corrected chi connectivity index (χ1v) is 7.41. The van der Waals surface area contributed by atoms with Gasteiger partial charge in [0.15, 0.2) is 0 Å². The van der Waals surface area contributed by atoms with Crippen molar-refractivity contribution in [3.05, 3.63) is 0 Å². The number of hydrogen-bond donors (Lipinski definition) is 0. The minimum absolute atomic E-state index is 0.00119. The van der Waals surface area contributed by atoms with Gasteiger partial charge in [-0.1, -0.05) is 20.8 Å². The molecule has 0 aromatic rings. The molecule has 1 fully saturated rings. The van der Waals surface area contributed by atoms with E-state index in [-0.39, 0.29) is 11.9 Å². The van der Waals surface area contributed by atoms with Crippen molar-refractivity contribution in [2.24, 2.45) is 17.8 Å². The molecule has 0 aromatic carbocycles. The number of ether oxygens (including phenoxy) is 1. The summed E-state index contributed by atoms with van der Waals surface area (Å²) >= 11 is 0. The van der Waals surface area contributed by atoms with Crippen LogP contribution in [0.3, 0.4) is 0 Å². The standard InChI is InChI=1S/C15H29NO2/c1-5-18-15(17)14-7-6-8-16(11-14)10-13(4)9-12(2)3/h12-14H,5-11H2,1-4H3. The number of carbonyl (C=O) groups excluding carboxylic acids is 1. The third-order valence-electron chi connectivity index (χ3n) is 3.57. The number of likely N-dealkylation sites (tertiary alicyclic amines) is 1. The van der Waals surface area contributed by atoms with Crippen molar-refractivity contribution in [3.63, 3.8) is 0 Å². The maximum atomic E-state index is 11.8. The summed E-state index contributed by atoms with van der Waals surface area (Å²) in [6, 6.07) is 0. The summed E-state index contributed by atoms with van der Waals surface area (Å²) in [6.45, 7) is 12.4. The van der Waals surface area contributed by atoms with Gasteiger partial charge in [0.25, 0.3) is 0 Å². The molecule has 2 unspecified atom stereocenters. The second-order valence-corrected chi connectivity index (χ2v) is 6.09. The van der Waals surface area contributed by atoms with E-state index < -0.39 is 0 Å². The maximum absolute atomic E-state index is 11.8. The maximum Gasteiger partial charge on any atom is 0.310 e. The second kappa shape index (κ2) is 7.78. The van der Waals surface area contributed by atoms with Gasteiger partial charge in [0.05, 0.1) is 12.5 Å². The summed E-state index contributed by atoms with van der Waals surface area (Å²) in [7, 11) is 0. The Labute approximate surface area is 112 Å². The highest BCUT2D eigenvalue weighted by Crippen LogP contribution is 2.20.